The van der Waals surface area contributed by atoms with Crippen LogP contribution in [0.3, 0.4) is 0 Å². The van der Waals surface area contributed by atoms with Crippen LogP contribution in [0.5, 0.6) is 0 Å². The summed E-state index contributed by atoms with van der Waals surface area (Å²) in [6.45, 7) is -0.0644. The Balaban J connectivity index is 2.77. The Hall–Kier alpha value is -0.510. The molecule has 0 unspecified atom stereocenters. The molecular formula is C9H7BrClNO. The Bertz CT molecular complexity index is 452. The monoisotopic (exact) mass is 259 g/mol. The minimum Gasteiger partial charge on any atom is -0.390 e. The van der Waals surface area contributed by atoms with Crippen molar-refractivity contribution in [1.82, 2.24) is 4.98 Å². The molecule has 0 spiro atoms. The van der Waals surface area contributed by atoms with Crippen LogP contribution in [0.4, 0.5) is 0 Å². The van der Waals surface area contributed by atoms with E-state index in [4.69, 9.17) is 16.7 Å². The Morgan fingerprint density at radius 3 is 2.92 bits per heavy atom. The number of aliphatic hydroxyl groups is 1. The number of aliphatic hydroxyl groups excluding tert-OH is 1. The molecule has 1 aromatic carbocycles. The minimum absolute atomic E-state index is 0.0644. The van der Waals surface area contributed by atoms with Gasteiger partial charge in [0.1, 0.15) is 0 Å². The third-order valence-corrected chi connectivity index (χ3v) is 2.85. The lowest BCUT2D eigenvalue weighted by Gasteiger charge is -1.91. The van der Waals surface area contributed by atoms with Gasteiger partial charge >= 0.3 is 0 Å². The fraction of sp³-hybridized carbons (Fsp3) is 0.111. The molecule has 68 valence electrons. The molecule has 2 nitrogen and oxygen atoms in total. The van der Waals surface area contributed by atoms with Crippen LogP contribution in [0.2, 0.25) is 5.02 Å². The van der Waals surface area contributed by atoms with Crippen molar-refractivity contribution in [3.63, 3.8) is 0 Å². The van der Waals surface area contributed by atoms with Crippen molar-refractivity contribution in [2.45, 2.75) is 6.61 Å². The lowest BCUT2D eigenvalue weighted by atomic mass is 10.2. The molecule has 0 saturated carbocycles. The first-order chi connectivity index (χ1) is 6.22. The van der Waals surface area contributed by atoms with Gasteiger partial charge in [-0.2, -0.15) is 0 Å². The molecular weight excluding hydrogens is 253 g/mol. The van der Waals surface area contributed by atoms with Crippen LogP contribution in [-0.4, -0.2) is 10.1 Å². The van der Waals surface area contributed by atoms with Crippen LogP contribution < -0.4 is 0 Å². The molecule has 2 aromatic rings. The predicted octanol–water partition coefficient (Wildman–Crippen LogP) is 3.08. The molecule has 0 aliphatic rings. The maximum absolute atomic E-state index is 8.96. The van der Waals surface area contributed by atoms with Crippen LogP contribution >= 0.6 is 27.5 Å². The van der Waals surface area contributed by atoms with E-state index >= 15 is 0 Å². The van der Waals surface area contributed by atoms with Gasteiger partial charge in [-0.3, -0.25) is 0 Å². The maximum Gasteiger partial charge on any atom is 0.0846 e. The third-order valence-electron chi connectivity index (χ3n) is 1.93. The summed E-state index contributed by atoms with van der Waals surface area (Å²) in [6, 6.07) is 5.77. The van der Waals surface area contributed by atoms with E-state index in [1.165, 1.54) is 0 Å². The highest BCUT2D eigenvalue weighted by molar-refractivity contribution is 9.10. The lowest BCUT2D eigenvalue weighted by Crippen LogP contribution is -1.81. The van der Waals surface area contributed by atoms with Gasteiger partial charge in [0.2, 0.25) is 0 Å². The molecule has 0 amide bonds. The third kappa shape index (κ3) is 1.47. The Labute approximate surface area is 88.7 Å². The van der Waals surface area contributed by atoms with Crippen LogP contribution in [0, 0.1) is 0 Å². The molecule has 0 atom stereocenters. The van der Waals surface area contributed by atoms with Gasteiger partial charge in [-0.25, -0.2) is 0 Å². The molecule has 0 radical (unpaired) electrons. The minimum atomic E-state index is -0.0644. The molecule has 2 rings (SSSR count). The fourth-order valence-corrected chi connectivity index (χ4v) is 1.92. The molecule has 0 aliphatic heterocycles. The van der Waals surface area contributed by atoms with Crippen molar-refractivity contribution >= 4 is 38.4 Å². The molecule has 4 heteroatoms. The van der Waals surface area contributed by atoms with E-state index in [0.29, 0.717) is 10.7 Å². The summed E-state index contributed by atoms with van der Waals surface area (Å²) in [5.41, 5.74) is 1.60. The average Bonchev–Trinajstić information content (AvgIpc) is 2.44. The quantitative estimate of drug-likeness (QED) is 0.812. The van der Waals surface area contributed by atoms with Crippen molar-refractivity contribution in [3.05, 3.63) is 33.4 Å². The van der Waals surface area contributed by atoms with E-state index < -0.39 is 0 Å². The summed E-state index contributed by atoms with van der Waals surface area (Å²) in [7, 11) is 0. The van der Waals surface area contributed by atoms with Crippen LogP contribution in [0.15, 0.2) is 22.7 Å². The molecule has 0 saturated heterocycles. The number of fused-ring (bicyclic) bond motifs is 1. The number of nitrogens with one attached hydrogen (secondary N) is 1. The summed E-state index contributed by atoms with van der Waals surface area (Å²) >= 11 is 9.38. The lowest BCUT2D eigenvalue weighted by molar-refractivity contribution is 0.278. The molecule has 0 fully saturated rings. The standard InChI is InChI=1S/C9H7BrClNO/c10-5-1-2-7-6(3-5)9(11)8(4-13)12-7/h1-3,12-13H,4H2. The van der Waals surface area contributed by atoms with E-state index in [1.807, 2.05) is 18.2 Å². The van der Waals surface area contributed by atoms with Gasteiger partial charge < -0.3 is 10.1 Å². The molecule has 1 aromatic heterocycles. The van der Waals surface area contributed by atoms with E-state index in [0.717, 1.165) is 15.4 Å². The number of halogens is 2. The van der Waals surface area contributed by atoms with Gasteiger partial charge in [0.05, 0.1) is 17.3 Å². The van der Waals surface area contributed by atoms with E-state index in [9.17, 15) is 0 Å². The van der Waals surface area contributed by atoms with E-state index in [2.05, 4.69) is 20.9 Å². The van der Waals surface area contributed by atoms with Crippen molar-refractivity contribution < 1.29 is 5.11 Å². The Kier molecular flexibility index (Phi) is 2.32. The predicted molar refractivity (Wildman–Crippen MR) is 56.9 cm³/mol. The number of rotatable bonds is 1. The summed E-state index contributed by atoms with van der Waals surface area (Å²) in [4.78, 5) is 3.04. The van der Waals surface area contributed by atoms with Crippen molar-refractivity contribution in [2.24, 2.45) is 0 Å². The van der Waals surface area contributed by atoms with E-state index in [-0.39, 0.29) is 6.61 Å². The zero-order valence-corrected chi connectivity index (χ0v) is 8.98. The molecule has 2 N–H and O–H groups in total. The second-order valence-corrected chi connectivity index (χ2v) is 4.06. The zero-order chi connectivity index (χ0) is 9.42. The van der Waals surface area contributed by atoms with Crippen molar-refractivity contribution in [1.29, 1.82) is 0 Å². The fourth-order valence-electron chi connectivity index (χ4n) is 1.30. The van der Waals surface area contributed by atoms with Crippen molar-refractivity contribution in [2.75, 3.05) is 0 Å². The Morgan fingerprint density at radius 2 is 2.23 bits per heavy atom. The summed E-state index contributed by atoms with van der Waals surface area (Å²) < 4.78 is 0.977. The van der Waals surface area contributed by atoms with E-state index in [1.54, 1.807) is 0 Å². The van der Waals surface area contributed by atoms with Gasteiger partial charge in [-0.15, -0.1) is 0 Å². The normalized spacial score (nSPS) is 11.0. The Morgan fingerprint density at radius 1 is 1.46 bits per heavy atom. The molecule has 0 aliphatic carbocycles. The van der Waals surface area contributed by atoms with Gasteiger partial charge in [-0.1, -0.05) is 27.5 Å². The zero-order valence-electron chi connectivity index (χ0n) is 6.64. The number of hydrogen-bond acceptors (Lipinski definition) is 1. The van der Waals surface area contributed by atoms with Crippen LogP contribution in [0.25, 0.3) is 10.9 Å². The summed E-state index contributed by atoms with van der Waals surface area (Å²) in [5.74, 6) is 0. The SMILES string of the molecule is OCc1[nH]c2ccc(Br)cc2c1Cl. The second kappa shape index (κ2) is 3.33. The summed E-state index contributed by atoms with van der Waals surface area (Å²) in [5, 5.41) is 10.5. The first-order valence-corrected chi connectivity index (χ1v) is 4.96. The number of hydrogen-bond donors (Lipinski definition) is 2. The van der Waals surface area contributed by atoms with Crippen molar-refractivity contribution in [3.8, 4) is 0 Å². The van der Waals surface area contributed by atoms with Gasteiger partial charge in [0.25, 0.3) is 0 Å². The van der Waals surface area contributed by atoms with Gasteiger partial charge in [0, 0.05) is 15.4 Å². The highest BCUT2D eigenvalue weighted by Gasteiger charge is 2.07. The molecule has 1 heterocycles. The largest absolute Gasteiger partial charge is 0.390 e. The van der Waals surface area contributed by atoms with Crippen LogP contribution in [-0.2, 0) is 6.61 Å². The summed E-state index contributed by atoms with van der Waals surface area (Å²) in [6.07, 6.45) is 0. The highest BCUT2D eigenvalue weighted by atomic mass is 79.9. The topological polar surface area (TPSA) is 36.0 Å². The highest BCUT2D eigenvalue weighted by Crippen LogP contribution is 2.29. The maximum atomic E-state index is 8.96. The number of aromatic amines is 1. The first-order valence-electron chi connectivity index (χ1n) is 3.79. The average molecular weight is 261 g/mol. The van der Waals surface area contributed by atoms with Crippen LogP contribution in [0.1, 0.15) is 5.69 Å². The number of benzene rings is 1. The smallest absolute Gasteiger partial charge is 0.0846 e. The number of H-pyrrole nitrogens is 1. The van der Waals surface area contributed by atoms with Gasteiger partial charge in [-0.05, 0) is 18.2 Å². The molecule has 0 bridgehead atoms. The van der Waals surface area contributed by atoms with Gasteiger partial charge in [0.15, 0.2) is 0 Å². The first kappa shape index (κ1) is 9.06. The molecule has 13 heavy (non-hydrogen) atoms. The second-order valence-electron chi connectivity index (χ2n) is 2.77. The number of aromatic nitrogens is 1.